The van der Waals surface area contributed by atoms with Gasteiger partial charge in [-0.15, -0.1) is 0 Å². The quantitative estimate of drug-likeness (QED) is 0.896. The van der Waals surface area contributed by atoms with Crippen molar-refractivity contribution in [2.24, 2.45) is 11.8 Å². The smallest absolute Gasteiger partial charge is 0.251 e. The molecule has 1 aliphatic rings. The van der Waals surface area contributed by atoms with Gasteiger partial charge < -0.3 is 10.6 Å². The fraction of sp³-hybridized carbons (Fsp3) is 0.500. The summed E-state index contributed by atoms with van der Waals surface area (Å²) >= 11 is 0. The second kappa shape index (κ2) is 7.77. The minimum absolute atomic E-state index is 0.0779. The Morgan fingerprint density at radius 2 is 1.91 bits per heavy atom. The van der Waals surface area contributed by atoms with Crippen molar-refractivity contribution in [3.05, 3.63) is 29.8 Å². The standard InChI is InChI=1S/C18H23N3O2/c1-12-4-3-5-16(13(12)2)21-18(23)14-6-8-15(9-7-14)20-17(22)10-11-19/h6-9,12-13,16H,3-5,10H2,1-2H3,(H,20,22)(H,21,23)/t12-,13+,16-/m1/s1. The largest absolute Gasteiger partial charge is 0.349 e. The lowest BCUT2D eigenvalue weighted by Crippen LogP contribution is -2.43. The van der Waals surface area contributed by atoms with Gasteiger partial charge in [0, 0.05) is 17.3 Å². The van der Waals surface area contributed by atoms with Gasteiger partial charge in [-0.25, -0.2) is 0 Å². The Morgan fingerprint density at radius 1 is 1.22 bits per heavy atom. The molecule has 5 heteroatoms. The Labute approximate surface area is 137 Å². The molecule has 0 heterocycles. The highest BCUT2D eigenvalue weighted by Crippen LogP contribution is 2.29. The van der Waals surface area contributed by atoms with E-state index in [1.165, 1.54) is 6.42 Å². The Balaban J connectivity index is 1.95. The van der Waals surface area contributed by atoms with Gasteiger partial charge in [-0.2, -0.15) is 5.26 Å². The van der Waals surface area contributed by atoms with Gasteiger partial charge in [0.15, 0.2) is 0 Å². The van der Waals surface area contributed by atoms with E-state index in [0.29, 0.717) is 23.1 Å². The molecule has 0 aromatic heterocycles. The van der Waals surface area contributed by atoms with Crippen LogP contribution in [0.2, 0.25) is 0 Å². The number of hydrogen-bond donors (Lipinski definition) is 2. The van der Waals surface area contributed by atoms with E-state index in [1.807, 2.05) is 0 Å². The van der Waals surface area contributed by atoms with Gasteiger partial charge in [-0.3, -0.25) is 9.59 Å². The third-order valence-corrected chi connectivity index (χ3v) is 4.69. The van der Waals surface area contributed by atoms with Gasteiger partial charge in [-0.05, 0) is 42.5 Å². The summed E-state index contributed by atoms with van der Waals surface area (Å²) in [5.41, 5.74) is 1.16. The predicted molar refractivity (Wildman–Crippen MR) is 88.7 cm³/mol. The van der Waals surface area contributed by atoms with Crippen LogP contribution in [0.25, 0.3) is 0 Å². The summed E-state index contributed by atoms with van der Waals surface area (Å²) in [5.74, 6) is 0.685. The number of hydrogen-bond acceptors (Lipinski definition) is 3. The topological polar surface area (TPSA) is 82.0 Å². The van der Waals surface area contributed by atoms with Crippen molar-refractivity contribution in [1.29, 1.82) is 5.26 Å². The van der Waals surface area contributed by atoms with Gasteiger partial charge in [-0.1, -0.05) is 26.7 Å². The lowest BCUT2D eigenvalue weighted by atomic mass is 9.78. The molecule has 122 valence electrons. The molecule has 1 aliphatic carbocycles. The summed E-state index contributed by atoms with van der Waals surface area (Å²) in [4.78, 5) is 23.7. The molecule has 0 spiro atoms. The molecule has 1 aromatic carbocycles. The minimum atomic E-state index is -0.352. The van der Waals surface area contributed by atoms with Crippen LogP contribution in [0.3, 0.4) is 0 Å². The maximum absolute atomic E-state index is 12.4. The summed E-state index contributed by atoms with van der Waals surface area (Å²) in [6, 6.07) is 8.75. The molecule has 0 radical (unpaired) electrons. The molecule has 2 N–H and O–H groups in total. The zero-order chi connectivity index (χ0) is 16.8. The SMILES string of the molecule is C[C@H]1[C@H](C)CCC[C@H]1NC(=O)c1ccc(NC(=O)CC#N)cc1. The molecule has 5 nitrogen and oxygen atoms in total. The first-order valence-electron chi connectivity index (χ1n) is 8.09. The molecule has 1 fully saturated rings. The zero-order valence-corrected chi connectivity index (χ0v) is 13.6. The number of nitriles is 1. The third kappa shape index (κ3) is 4.56. The molecule has 1 saturated carbocycles. The molecule has 2 rings (SSSR count). The zero-order valence-electron chi connectivity index (χ0n) is 13.6. The summed E-state index contributed by atoms with van der Waals surface area (Å²) in [7, 11) is 0. The number of nitrogens with zero attached hydrogens (tertiary/aromatic N) is 1. The second-order valence-corrected chi connectivity index (χ2v) is 6.31. The van der Waals surface area contributed by atoms with Gasteiger partial charge in [0.2, 0.25) is 5.91 Å². The first-order valence-corrected chi connectivity index (χ1v) is 8.09. The van der Waals surface area contributed by atoms with Crippen LogP contribution in [0.5, 0.6) is 0 Å². The number of amides is 2. The van der Waals surface area contributed by atoms with Gasteiger partial charge >= 0.3 is 0 Å². The molecule has 2 amide bonds. The first-order chi connectivity index (χ1) is 11.0. The minimum Gasteiger partial charge on any atom is -0.349 e. The maximum atomic E-state index is 12.4. The average Bonchev–Trinajstić information content (AvgIpc) is 2.52. The molecule has 3 atom stereocenters. The number of carbonyl (C=O) groups is 2. The predicted octanol–water partition coefficient (Wildman–Crippen LogP) is 3.09. The summed E-state index contributed by atoms with van der Waals surface area (Å²) < 4.78 is 0. The fourth-order valence-electron chi connectivity index (χ4n) is 3.02. The Kier molecular flexibility index (Phi) is 5.75. The lowest BCUT2D eigenvalue weighted by molar-refractivity contribution is -0.115. The van der Waals surface area contributed by atoms with Crippen LogP contribution in [-0.4, -0.2) is 17.9 Å². The second-order valence-electron chi connectivity index (χ2n) is 6.31. The van der Waals surface area contributed by atoms with Crippen LogP contribution in [0, 0.1) is 23.2 Å². The van der Waals surface area contributed by atoms with Crippen LogP contribution >= 0.6 is 0 Å². The van der Waals surface area contributed by atoms with Crippen LogP contribution in [-0.2, 0) is 4.79 Å². The van der Waals surface area contributed by atoms with Gasteiger partial charge in [0.1, 0.15) is 6.42 Å². The van der Waals surface area contributed by atoms with Crippen molar-refractivity contribution in [2.75, 3.05) is 5.32 Å². The molecular formula is C18H23N3O2. The van der Waals surface area contributed by atoms with Gasteiger partial charge in [0.25, 0.3) is 5.91 Å². The van der Waals surface area contributed by atoms with E-state index in [4.69, 9.17) is 5.26 Å². The molecule has 0 unspecified atom stereocenters. The summed E-state index contributed by atoms with van der Waals surface area (Å²) in [5, 5.41) is 14.2. The molecular weight excluding hydrogens is 290 g/mol. The lowest BCUT2D eigenvalue weighted by Gasteiger charge is -2.34. The van der Waals surface area contributed by atoms with E-state index < -0.39 is 0 Å². The Bertz CT molecular complexity index is 604. The first kappa shape index (κ1) is 17.0. The summed E-state index contributed by atoms with van der Waals surface area (Å²) in [6.45, 7) is 4.43. The number of carbonyl (C=O) groups excluding carboxylic acids is 2. The number of rotatable bonds is 4. The van der Waals surface area contributed by atoms with Crippen molar-refractivity contribution in [2.45, 2.75) is 45.6 Å². The van der Waals surface area contributed by atoms with E-state index in [2.05, 4.69) is 24.5 Å². The normalized spacial score (nSPS) is 23.6. The summed E-state index contributed by atoms with van der Waals surface area (Å²) in [6.07, 6.45) is 3.23. The number of anilines is 1. The highest BCUT2D eigenvalue weighted by molar-refractivity contribution is 5.96. The van der Waals surface area contributed by atoms with Crippen molar-refractivity contribution in [3.63, 3.8) is 0 Å². The monoisotopic (exact) mass is 313 g/mol. The highest BCUT2D eigenvalue weighted by atomic mass is 16.2. The van der Waals surface area contributed by atoms with E-state index in [0.717, 1.165) is 12.8 Å². The van der Waals surface area contributed by atoms with Crippen LogP contribution < -0.4 is 10.6 Å². The van der Waals surface area contributed by atoms with Crippen LogP contribution in [0.4, 0.5) is 5.69 Å². The highest BCUT2D eigenvalue weighted by Gasteiger charge is 2.28. The fourth-order valence-corrected chi connectivity index (χ4v) is 3.02. The number of benzene rings is 1. The van der Waals surface area contributed by atoms with Crippen molar-refractivity contribution in [3.8, 4) is 6.07 Å². The average molecular weight is 313 g/mol. The molecule has 0 aliphatic heterocycles. The van der Waals surface area contributed by atoms with Crippen LogP contribution in [0.15, 0.2) is 24.3 Å². The molecule has 0 saturated heterocycles. The third-order valence-electron chi connectivity index (χ3n) is 4.69. The maximum Gasteiger partial charge on any atom is 0.251 e. The van der Waals surface area contributed by atoms with Crippen molar-refractivity contribution in [1.82, 2.24) is 5.32 Å². The Morgan fingerprint density at radius 3 is 2.57 bits per heavy atom. The molecule has 1 aromatic rings. The molecule has 0 bridgehead atoms. The Hall–Kier alpha value is -2.35. The number of nitrogens with one attached hydrogen (secondary N) is 2. The van der Waals surface area contributed by atoms with E-state index in [9.17, 15) is 9.59 Å². The van der Waals surface area contributed by atoms with Crippen molar-refractivity contribution < 1.29 is 9.59 Å². The van der Waals surface area contributed by atoms with Crippen LogP contribution in [0.1, 0.15) is 49.9 Å². The van der Waals surface area contributed by atoms with Crippen molar-refractivity contribution >= 4 is 17.5 Å². The molecule has 23 heavy (non-hydrogen) atoms. The van der Waals surface area contributed by atoms with Gasteiger partial charge in [0.05, 0.1) is 6.07 Å². The van der Waals surface area contributed by atoms with E-state index >= 15 is 0 Å². The van der Waals surface area contributed by atoms with E-state index in [-0.39, 0.29) is 24.3 Å². The van der Waals surface area contributed by atoms with E-state index in [1.54, 1.807) is 30.3 Å².